The van der Waals surface area contributed by atoms with E-state index >= 15 is 0 Å². The summed E-state index contributed by atoms with van der Waals surface area (Å²) in [5.74, 6) is 0.773. The molecule has 0 aromatic heterocycles. The standard InChI is InChI=1S/C15H24N2O2/c1-12(2)19-14-8-5-7-13(11-14)15(18)17(4)10-6-9-16-3/h5,7-8,11-12,16H,6,9-10H2,1-4H3. The van der Waals surface area contributed by atoms with Crippen LogP contribution in [0.3, 0.4) is 0 Å². The summed E-state index contributed by atoms with van der Waals surface area (Å²) < 4.78 is 5.60. The second-order valence-corrected chi connectivity index (χ2v) is 4.88. The van der Waals surface area contributed by atoms with Gasteiger partial charge in [0.05, 0.1) is 6.10 Å². The minimum atomic E-state index is 0.0327. The molecule has 1 N–H and O–H groups in total. The topological polar surface area (TPSA) is 41.6 Å². The Morgan fingerprint density at radius 2 is 2.16 bits per heavy atom. The van der Waals surface area contributed by atoms with E-state index in [2.05, 4.69) is 5.32 Å². The minimum Gasteiger partial charge on any atom is -0.491 e. The van der Waals surface area contributed by atoms with Crippen molar-refractivity contribution < 1.29 is 9.53 Å². The Kier molecular flexibility index (Phi) is 6.36. The molecule has 0 spiro atoms. The van der Waals surface area contributed by atoms with Gasteiger partial charge in [-0.1, -0.05) is 6.07 Å². The SMILES string of the molecule is CNCCCN(C)C(=O)c1cccc(OC(C)C)c1. The van der Waals surface area contributed by atoms with E-state index in [9.17, 15) is 4.79 Å². The molecule has 0 fully saturated rings. The van der Waals surface area contributed by atoms with Gasteiger partial charge in [0.2, 0.25) is 0 Å². The second kappa shape index (κ2) is 7.79. The Morgan fingerprint density at radius 3 is 2.79 bits per heavy atom. The van der Waals surface area contributed by atoms with Gasteiger partial charge in [0.15, 0.2) is 0 Å². The van der Waals surface area contributed by atoms with Crippen LogP contribution in [0.25, 0.3) is 0 Å². The van der Waals surface area contributed by atoms with Gasteiger partial charge in [-0.3, -0.25) is 4.79 Å². The van der Waals surface area contributed by atoms with Crippen molar-refractivity contribution in [3.8, 4) is 5.75 Å². The summed E-state index contributed by atoms with van der Waals surface area (Å²) in [6, 6.07) is 7.35. The lowest BCUT2D eigenvalue weighted by molar-refractivity contribution is 0.0793. The van der Waals surface area contributed by atoms with E-state index in [4.69, 9.17) is 4.74 Å². The van der Waals surface area contributed by atoms with Crippen LogP contribution >= 0.6 is 0 Å². The molecule has 0 bridgehead atoms. The maximum atomic E-state index is 12.2. The fraction of sp³-hybridized carbons (Fsp3) is 0.533. The number of carbonyl (C=O) groups is 1. The van der Waals surface area contributed by atoms with Crippen LogP contribution in [0, 0.1) is 0 Å². The molecule has 4 nitrogen and oxygen atoms in total. The van der Waals surface area contributed by atoms with Crippen LogP contribution in [0.15, 0.2) is 24.3 Å². The van der Waals surface area contributed by atoms with Gasteiger partial charge in [0.25, 0.3) is 5.91 Å². The number of carbonyl (C=O) groups excluding carboxylic acids is 1. The van der Waals surface area contributed by atoms with Gasteiger partial charge < -0.3 is 15.0 Å². The van der Waals surface area contributed by atoms with Crippen molar-refractivity contribution in [2.75, 3.05) is 27.2 Å². The Hall–Kier alpha value is -1.55. The Bertz CT molecular complexity index is 405. The minimum absolute atomic E-state index is 0.0327. The van der Waals surface area contributed by atoms with Gasteiger partial charge in [0.1, 0.15) is 5.75 Å². The normalized spacial score (nSPS) is 10.6. The summed E-state index contributed by atoms with van der Waals surface area (Å²) >= 11 is 0. The van der Waals surface area contributed by atoms with E-state index in [0.29, 0.717) is 5.56 Å². The molecular weight excluding hydrogens is 240 g/mol. The van der Waals surface area contributed by atoms with Crippen molar-refractivity contribution in [3.63, 3.8) is 0 Å². The zero-order chi connectivity index (χ0) is 14.3. The lowest BCUT2D eigenvalue weighted by Gasteiger charge is -2.18. The van der Waals surface area contributed by atoms with Gasteiger partial charge in [0, 0.05) is 19.2 Å². The van der Waals surface area contributed by atoms with Crippen LogP contribution in [-0.4, -0.2) is 44.1 Å². The number of nitrogens with zero attached hydrogens (tertiary/aromatic N) is 1. The number of ether oxygens (including phenoxy) is 1. The van der Waals surface area contributed by atoms with Gasteiger partial charge in [-0.25, -0.2) is 0 Å². The van der Waals surface area contributed by atoms with Crippen LogP contribution < -0.4 is 10.1 Å². The molecule has 0 saturated heterocycles. The van der Waals surface area contributed by atoms with Crippen LogP contribution in [0.2, 0.25) is 0 Å². The Morgan fingerprint density at radius 1 is 1.42 bits per heavy atom. The number of benzene rings is 1. The quantitative estimate of drug-likeness (QED) is 0.767. The van der Waals surface area contributed by atoms with E-state index in [-0.39, 0.29) is 12.0 Å². The fourth-order valence-corrected chi connectivity index (χ4v) is 1.79. The first-order valence-corrected chi connectivity index (χ1v) is 6.71. The molecule has 1 aromatic carbocycles. The van der Waals surface area contributed by atoms with Crippen molar-refractivity contribution in [3.05, 3.63) is 29.8 Å². The van der Waals surface area contributed by atoms with Crippen molar-refractivity contribution >= 4 is 5.91 Å². The molecule has 1 aromatic rings. The molecule has 0 heterocycles. The number of nitrogens with one attached hydrogen (secondary N) is 1. The Labute approximate surface area is 115 Å². The molecule has 0 aliphatic rings. The van der Waals surface area contributed by atoms with Crippen molar-refractivity contribution in [2.45, 2.75) is 26.4 Å². The molecule has 0 saturated carbocycles. The number of hydrogen-bond acceptors (Lipinski definition) is 3. The van der Waals surface area contributed by atoms with Crippen molar-refractivity contribution in [2.24, 2.45) is 0 Å². The molecular formula is C15H24N2O2. The summed E-state index contributed by atoms with van der Waals surface area (Å²) in [7, 11) is 3.74. The summed E-state index contributed by atoms with van der Waals surface area (Å²) in [5, 5.41) is 3.07. The molecule has 4 heteroatoms. The first-order chi connectivity index (χ1) is 9.04. The monoisotopic (exact) mass is 264 g/mol. The molecule has 0 atom stereocenters. The zero-order valence-electron chi connectivity index (χ0n) is 12.3. The average molecular weight is 264 g/mol. The third-order valence-corrected chi connectivity index (χ3v) is 2.72. The first-order valence-electron chi connectivity index (χ1n) is 6.71. The van der Waals surface area contributed by atoms with Crippen molar-refractivity contribution in [1.29, 1.82) is 0 Å². The number of hydrogen-bond donors (Lipinski definition) is 1. The molecule has 0 unspecified atom stereocenters. The van der Waals surface area contributed by atoms with Crippen LogP contribution in [0.5, 0.6) is 5.75 Å². The molecule has 1 rings (SSSR count). The van der Waals surface area contributed by atoms with Gasteiger partial charge in [-0.2, -0.15) is 0 Å². The number of amides is 1. The van der Waals surface area contributed by atoms with Crippen LogP contribution in [0.4, 0.5) is 0 Å². The largest absolute Gasteiger partial charge is 0.491 e. The fourth-order valence-electron chi connectivity index (χ4n) is 1.79. The highest BCUT2D eigenvalue weighted by atomic mass is 16.5. The van der Waals surface area contributed by atoms with Gasteiger partial charge >= 0.3 is 0 Å². The smallest absolute Gasteiger partial charge is 0.253 e. The second-order valence-electron chi connectivity index (χ2n) is 4.88. The molecule has 0 radical (unpaired) electrons. The predicted octanol–water partition coefficient (Wildman–Crippen LogP) is 2.16. The summed E-state index contributed by atoms with van der Waals surface area (Å²) in [6.45, 7) is 5.60. The third kappa shape index (κ3) is 5.30. The van der Waals surface area contributed by atoms with E-state index in [1.54, 1.807) is 11.0 Å². The summed E-state index contributed by atoms with van der Waals surface area (Å²) in [6.07, 6.45) is 1.06. The average Bonchev–Trinajstić information content (AvgIpc) is 2.37. The highest BCUT2D eigenvalue weighted by Gasteiger charge is 2.12. The molecule has 1 amide bonds. The highest BCUT2D eigenvalue weighted by Crippen LogP contribution is 2.16. The van der Waals surface area contributed by atoms with E-state index < -0.39 is 0 Å². The van der Waals surface area contributed by atoms with Crippen molar-refractivity contribution in [1.82, 2.24) is 10.2 Å². The van der Waals surface area contributed by atoms with E-state index in [1.807, 2.05) is 46.1 Å². The Balaban J connectivity index is 2.65. The summed E-state index contributed by atoms with van der Waals surface area (Å²) in [5.41, 5.74) is 0.671. The predicted molar refractivity (Wildman–Crippen MR) is 77.7 cm³/mol. The van der Waals surface area contributed by atoms with Crippen LogP contribution in [0.1, 0.15) is 30.6 Å². The zero-order valence-corrected chi connectivity index (χ0v) is 12.3. The molecule has 0 aliphatic heterocycles. The maximum absolute atomic E-state index is 12.2. The number of rotatable bonds is 7. The summed E-state index contributed by atoms with van der Waals surface area (Å²) in [4.78, 5) is 14.0. The lowest BCUT2D eigenvalue weighted by atomic mass is 10.2. The molecule has 19 heavy (non-hydrogen) atoms. The first kappa shape index (κ1) is 15.5. The van der Waals surface area contributed by atoms with Gasteiger partial charge in [-0.05, 0) is 52.1 Å². The third-order valence-electron chi connectivity index (χ3n) is 2.72. The highest BCUT2D eigenvalue weighted by molar-refractivity contribution is 5.94. The molecule has 0 aliphatic carbocycles. The lowest BCUT2D eigenvalue weighted by Crippen LogP contribution is -2.29. The van der Waals surface area contributed by atoms with E-state index in [0.717, 1.165) is 25.3 Å². The van der Waals surface area contributed by atoms with Gasteiger partial charge in [-0.15, -0.1) is 0 Å². The molecule has 106 valence electrons. The van der Waals surface area contributed by atoms with E-state index in [1.165, 1.54) is 0 Å². The maximum Gasteiger partial charge on any atom is 0.253 e. The van der Waals surface area contributed by atoms with Crippen LogP contribution in [-0.2, 0) is 0 Å².